The molecule has 2 heterocycles. The van der Waals surface area contributed by atoms with Crippen LogP contribution in [0.2, 0.25) is 0 Å². The van der Waals surface area contributed by atoms with Gasteiger partial charge in [0.05, 0.1) is 10.6 Å². The van der Waals surface area contributed by atoms with Crippen molar-refractivity contribution in [1.82, 2.24) is 14.1 Å². The van der Waals surface area contributed by atoms with Gasteiger partial charge in [0.25, 0.3) is 5.91 Å². The van der Waals surface area contributed by atoms with Crippen LogP contribution in [0.4, 0.5) is 5.69 Å². The largest absolute Gasteiger partial charge is 0.320 e. The number of carbonyl (C=O) groups is 1. The summed E-state index contributed by atoms with van der Waals surface area (Å²) in [6.07, 6.45) is 3.37. The summed E-state index contributed by atoms with van der Waals surface area (Å²) < 4.78 is 28.7. The van der Waals surface area contributed by atoms with Crippen molar-refractivity contribution >= 4 is 21.6 Å². The lowest BCUT2D eigenvalue weighted by Crippen LogP contribution is -2.39. The Morgan fingerprint density at radius 3 is 2.47 bits per heavy atom. The monoisotopic (exact) mass is 452 g/mol. The van der Waals surface area contributed by atoms with Crippen LogP contribution in [-0.2, 0) is 10.0 Å². The van der Waals surface area contributed by atoms with Gasteiger partial charge in [-0.1, -0.05) is 25.1 Å². The van der Waals surface area contributed by atoms with Crippen LogP contribution in [0, 0.1) is 5.92 Å². The minimum atomic E-state index is -3.58. The Morgan fingerprint density at radius 1 is 1.06 bits per heavy atom. The number of amides is 1. The van der Waals surface area contributed by atoms with Gasteiger partial charge in [0.1, 0.15) is 0 Å². The molecule has 2 aromatic carbocycles. The van der Waals surface area contributed by atoms with Gasteiger partial charge in [0.2, 0.25) is 15.5 Å². The zero-order chi connectivity index (χ0) is 22.7. The number of piperidine rings is 1. The van der Waals surface area contributed by atoms with E-state index >= 15 is 0 Å². The van der Waals surface area contributed by atoms with Gasteiger partial charge in [0.15, 0.2) is 5.69 Å². The van der Waals surface area contributed by atoms with Crippen molar-refractivity contribution in [3.8, 4) is 5.69 Å². The van der Waals surface area contributed by atoms with E-state index in [0.717, 1.165) is 12.8 Å². The molecule has 1 N–H and O–H groups in total. The Kier molecular flexibility index (Phi) is 6.20. The summed E-state index contributed by atoms with van der Waals surface area (Å²) in [7, 11) is -3.58. The molecule has 3 aromatic rings. The first-order valence-electron chi connectivity index (χ1n) is 10.4. The van der Waals surface area contributed by atoms with Crippen LogP contribution in [0.15, 0.2) is 76.6 Å². The van der Waals surface area contributed by atoms with Crippen LogP contribution >= 0.6 is 0 Å². The van der Waals surface area contributed by atoms with E-state index in [9.17, 15) is 18.0 Å². The standard InChI is InChI=1S/C23H24N4O4S/c1-17-6-5-14-26(16-17)32(30,31)20-11-9-18(10-12-20)24-23(29)22-21(28)13-15-27(25-22)19-7-3-2-4-8-19/h2-4,7-13,15,17H,5-6,14,16H2,1H3,(H,24,29). The smallest absolute Gasteiger partial charge is 0.280 e. The third kappa shape index (κ3) is 4.63. The molecule has 1 unspecified atom stereocenters. The predicted molar refractivity (Wildman–Crippen MR) is 121 cm³/mol. The number of benzene rings is 2. The first kappa shape index (κ1) is 21.9. The van der Waals surface area contributed by atoms with Crippen LogP contribution in [0.5, 0.6) is 0 Å². The fraction of sp³-hybridized carbons (Fsp3) is 0.261. The quantitative estimate of drug-likeness (QED) is 0.641. The van der Waals surface area contributed by atoms with Crippen molar-refractivity contribution in [1.29, 1.82) is 0 Å². The maximum atomic E-state index is 12.9. The summed E-state index contributed by atoms with van der Waals surface area (Å²) in [6.45, 7) is 3.07. The van der Waals surface area contributed by atoms with Crippen LogP contribution in [0.3, 0.4) is 0 Å². The van der Waals surface area contributed by atoms with Gasteiger partial charge in [-0.2, -0.15) is 9.40 Å². The molecule has 1 amide bonds. The van der Waals surface area contributed by atoms with Gasteiger partial charge in [-0.3, -0.25) is 9.59 Å². The summed E-state index contributed by atoms with van der Waals surface area (Å²) in [5.74, 6) is -0.337. The van der Waals surface area contributed by atoms with Gasteiger partial charge in [-0.25, -0.2) is 13.1 Å². The molecule has 1 aliphatic heterocycles. The fourth-order valence-electron chi connectivity index (χ4n) is 3.70. The Labute approximate surface area is 186 Å². The topological polar surface area (TPSA) is 101 Å². The highest BCUT2D eigenvalue weighted by Gasteiger charge is 2.28. The molecule has 8 nitrogen and oxygen atoms in total. The van der Waals surface area contributed by atoms with Gasteiger partial charge >= 0.3 is 0 Å². The summed E-state index contributed by atoms with van der Waals surface area (Å²) in [5.41, 5.74) is 0.323. The van der Waals surface area contributed by atoms with Crippen molar-refractivity contribution in [3.63, 3.8) is 0 Å². The van der Waals surface area contributed by atoms with Crippen molar-refractivity contribution < 1.29 is 13.2 Å². The van der Waals surface area contributed by atoms with Crippen LogP contribution in [0.1, 0.15) is 30.3 Å². The van der Waals surface area contributed by atoms with Gasteiger partial charge < -0.3 is 5.32 Å². The molecule has 166 valence electrons. The Bertz CT molecular complexity index is 1270. The zero-order valence-electron chi connectivity index (χ0n) is 17.6. The maximum absolute atomic E-state index is 12.9. The predicted octanol–water partition coefficient (Wildman–Crippen LogP) is 2.91. The first-order chi connectivity index (χ1) is 15.3. The molecular weight excluding hydrogens is 428 g/mol. The first-order valence-corrected chi connectivity index (χ1v) is 11.9. The number of para-hydroxylation sites is 1. The molecule has 1 aliphatic rings. The zero-order valence-corrected chi connectivity index (χ0v) is 18.5. The van der Waals surface area contributed by atoms with E-state index in [1.54, 1.807) is 12.1 Å². The second kappa shape index (κ2) is 9.05. The number of hydrogen-bond acceptors (Lipinski definition) is 5. The number of carbonyl (C=O) groups excluding carboxylic acids is 1. The third-order valence-corrected chi connectivity index (χ3v) is 7.29. The molecule has 0 bridgehead atoms. The number of nitrogens with zero attached hydrogens (tertiary/aromatic N) is 3. The molecule has 0 aliphatic carbocycles. The number of aromatic nitrogens is 2. The highest BCUT2D eigenvalue weighted by atomic mass is 32.2. The number of anilines is 1. The minimum Gasteiger partial charge on any atom is -0.320 e. The summed E-state index contributed by atoms with van der Waals surface area (Å²) in [5, 5.41) is 6.77. The van der Waals surface area contributed by atoms with E-state index in [-0.39, 0.29) is 10.6 Å². The molecular formula is C23H24N4O4S. The highest BCUT2D eigenvalue weighted by Crippen LogP contribution is 2.24. The van der Waals surface area contributed by atoms with Crippen molar-refractivity contribution in [2.75, 3.05) is 18.4 Å². The normalized spacial score (nSPS) is 17.1. The summed E-state index contributed by atoms with van der Waals surface area (Å²) in [6, 6.07) is 16.4. The van der Waals surface area contributed by atoms with Crippen LogP contribution < -0.4 is 10.7 Å². The summed E-state index contributed by atoms with van der Waals surface area (Å²) in [4.78, 5) is 25.0. The van der Waals surface area contributed by atoms with Crippen molar-refractivity contribution in [2.45, 2.75) is 24.7 Å². The van der Waals surface area contributed by atoms with E-state index in [1.807, 2.05) is 25.1 Å². The second-order valence-electron chi connectivity index (χ2n) is 7.90. The number of nitrogens with one attached hydrogen (secondary N) is 1. The molecule has 1 atom stereocenters. The maximum Gasteiger partial charge on any atom is 0.280 e. The molecule has 0 spiro atoms. The second-order valence-corrected chi connectivity index (χ2v) is 9.84. The Morgan fingerprint density at radius 2 is 1.78 bits per heavy atom. The SMILES string of the molecule is CC1CCCN(S(=O)(=O)c2ccc(NC(=O)c3nn(-c4ccccc4)ccc3=O)cc2)C1. The van der Waals surface area contributed by atoms with E-state index in [4.69, 9.17) is 0 Å². The third-order valence-electron chi connectivity index (χ3n) is 5.41. The Balaban J connectivity index is 1.52. The summed E-state index contributed by atoms with van der Waals surface area (Å²) >= 11 is 0. The van der Waals surface area contributed by atoms with E-state index < -0.39 is 21.4 Å². The lowest BCUT2D eigenvalue weighted by molar-refractivity contribution is 0.101. The molecule has 9 heteroatoms. The van der Waals surface area contributed by atoms with Gasteiger partial charge in [-0.05, 0) is 55.2 Å². The van der Waals surface area contributed by atoms with Crippen molar-refractivity contribution in [3.05, 3.63) is 82.8 Å². The molecule has 32 heavy (non-hydrogen) atoms. The molecule has 1 aromatic heterocycles. The number of sulfonamides is 1. The van der Waals surface area contributed by atoms with E-state index in [2.05, 4.69) is 10.4 Å². The molecule has 0 saturated carbocycles. The molecule has 1 fully saturated rings. The highest BCUT2D eigenvalue weighted by molar-refractivity contribution is 7.89. The van der Waals surface area contributed by atoms with Gasteiger partial charge in [-0.15, -0.1) is 0 Å². The molecule has 4 rings (SSSR count). The van der Waals surface area contributed by atoms with E-state index in [0.29, 0.717) is 30.4 Å². The molecule has 1 saturated heterocycles. The lowest BCUT2D eigenvalue weighted by atomic mass is 10.0. The van der Waals surface area contributed by atoms with Gasteiger partial charge in [0, 0.05) is 31.0 Å². The average Bonchev–Trinajstić information content (AvgIpc) is 2.80. The molecule has 0 radical (unpaired) electrons. The lowest BCUT2D eigenvalue weighted by Gasteiger charge is -2.30. The van der Waals surface area contributed by atoms with Crippen LogP contribution in [-0.4, -0.2) is 41.5 Å². The Hall–Kier alpha value is -3.30. The average molecular weight is 453 g/mol. The van der Waals surface area contributed by atoms with E-state index in [1.165, 1.54) is 45.5 Å². The fourth-order valence-corrected chi connectivity index (χ4v) is 5.30. The van der Waals surface area contributed by atoms with Crippen molar-refractivity contribution in [2.24, 2.45) is 5.92 Å². The number of rotatable bonds is 5. The van der Waals surface area contributed by atoms with Crippen LogP contribution in [0.25, 0.3) is 5.69 Å². The number of hydrogen-bond donors (Lipinski definition) is 1. The minimum absolute atomic E-state index is 0.175.